The van der Waals surface area contributed by atoms with Gasteiger partial charge in [-0.3, -0.25) is 0 Å². The highest BCUT2D eigenvalue weighted by molar-refractivity contribution is 5.23. The van der Waals surface area contributed by atoms with Gasteiger partial charge in [-0.1, -0.05) is 0 Å². The maximum absolute atomic E-state index is 10.5. The van der Waals surface area contributed by atoms with Gasteiger partial charge in [0.05, 0.1) is 58.3 Å². The molecule has 1 aliphatic carbocycles. The molecule has 0 saturated heterocycles. The molecule has 0 aromatic rings. The smallest absolute Gasteiger partial charge is 0.174 e. The minimum absolute atomic E-state index is 0.836. The van der Waals surface area contributed by atoms with Gasteiger partial charge in [0, 0.05) is 22.7 Å². The van der Waals surface area contributed by atoms with Crippen molar-refractivity contribution in [3.8, 4) is 0 Å². The molecule has 10 heteroatoms. The molecule has 10 N–H and O–H groups in total. The molecule has 1 saturated carbocycles. The van der Waals surface area contributed by atoms with Crippen LogP contribution in [0.3, 0.4) is 0 Å². The Hall–Kier alpha value is -0.400. The van der Waals surface area contributed by atoms with Crippen molar-refractivity contribution in [2.75, 3.05) is 52.9 Å². The van der Waals surface area contributed by atoms with Crippen LogP contribution in [0.4, 0.5) is 0 Å². The van der Waals surface area contributed by atoms with E-state index in [-0.39, 0.29) is 0 Å². The second-order valence-electron chi connectivity index (χ2n) is 6.78. The lowest BCUT2D eigenvalue weighted by atomic mass is 9.36. The summed E-state index contributed by atoms with van der Waals surface area (Å²) in [5, 5.41) is 100. The first-order valence-corrected chi connectivity index (χ1v) is 7.51. The summed E-state index contributed by atoms with van der Waals surface area (Å²) < 4.78 is 0. The van der Waals surface area contributed by atoms with Crippen molar-refractivity contribution < 1.29 is 51.1 Å². The molecule has 0 radical (unpaired) electrons. The average molecular weight is 356 g/mol. The Morgan fingerprint density at radius 2 is 0.792 bits per heavy atom. The average Bonchev–Trinajstić information content (AvgIpc) is 2.60. The second kappa shape index (κ2) is 7.08. The predicted octanol–water partition coefficient (Wildman–Crippen LogP) is -5.04. The van der Waals surface area contributed by atoms with Crippen LogP contribution in [-0.4, -0.2) is 110 Å². The third-order valence-corrected chi connectivity index (χ3v) is 6.42. The van der Waals surface area contributed by atoms with Crippen LogP contribution in [-0.2, 0) is 0 Å². The van der Waals surface area contributed by atoms with Crippen molar-refractivity contribution in [2.45, 2.75) is 12.2 Å². The van der Waals surface area contributed by atoms with Gasteiger partial charge in [0.25, 0.3) is 0 Å². The van der Waals surface area contributed by atoms with Crippen molar-refractivity contribution in [3.63, 3.8) is 0 Å². The lowest BCUT2D eigenvalue weighted by Crippen LogP contribution is -2.81. The Bertz CT molecular complexity index is 408. The highest BCUT2D eigenvalue weighted by atomic mass is 16.5. The number of aliphatic hydroxyl groups excluding tert-OH is 8. The molecular weight excluding hydrogens is 328 g/mol. The molecule has 24 heavy (non-hydrogen) atoms. The summed E-state index contributed by atoms with van der Waals surface area (Å²) in [7, 11) is 0. The fourth-order valence-electron chi connectivity index (χ4n) is 4.57. The van der Waals surface area contributed by atoms with E-state index in [1.54, 1.807) is 0 Å². The Balaban J connectivity index is 3.96. The maximum atomic E-state index is 10.5. The van der Waals surface area contributed by atoms with Crippen LogP contribution in [0.5, 0.6) is 0 Å². The summed E-state index contributed by atoms with van der Waals surface area (Å²) in [5.74, 6) is -2.94. The number of hydrogen-bond donors (Lipinski definition) is 10. The molecule has 0 spiro atoms. The van der Waals surface area contributed by atoms with Gasteiger partial charge in [-0.25, -0.2) is 0 Å². The first-order valence-electron chi connectivity index (χ1n) is 7.51. The molecule has 0 bridgehead atoms. The summed E-state index contributed by atoms with van der Waals surface area (Å²) >= 11 is 0. The van der Waals surface area contributed by atoms with E-state index >= 15 is 0 Å². The third-order valence-electron chi connectivity index (χ3n) is 6.42. The first-order chi connectivity index (χ1) is 11.2. The topological polar surface area (TPSA) is 202 Å². The Morgan fingerprint density at radius 1 is 0.458 bits per heavy atom. The lowest BCUT2D eigenvalue weighted by Gasteiger charge is -2.70. The zero-order chi connectivity index (χ0) is 18.9. The number of aliphatic hydroxyl groups is 10. The van der Waals surface area contributed by atoms with Gasteiger partial charge in [-0.2, -0.15) is 0 Å². The Kier molecular flexibility index (Phi) is 6.38. The van der Waals surface area contributed by atoms with Crippen LogP contribution < -0.4 is 0 Å². The SMILES string of the molecule is OCC1(CO)CC(O)(O)C(CO)(CO)C(CO)(CO)C1(CO)CO. The molecule has 1 aliphatic rings. The quantitative estimate of drug-likeness (QED) is 0.187. The van der Waals surface area contributed by atoms with Gasteiger partial charge < -0.3 is 51.1 Å². The fourth-order valence-corrected chi connectivity index (χ4v) is 4.57. The molecular formula is C14H28O10. The number of rotatable bonds is 8. The standard InChI is InChI=1S/C14H28O10/c15-2-10(3-16)1-14(23,24)13(8-21,9-22)12(6-19,7-20)11(10,4-17)5-18/h15-24H,1-9H2. The van der Waals surface area contributed by atoms with Gasteiger partial charge >= 0.3 is 0 Å². The highest BCUT2D eigenvalue weighted by Crippen LogP contribution is 2.68. The van der Waals surface area contributed by atoms with E-state index in [4.69, 9.17) is 0 Å². The van der Waals surface area contributed by atoms with Crippen LogP contribution in [0.25, 0.3) is 0 Å². The lowest BCUT2D eigenvalue weighted by molar-refractivity contribution is -0.405. The van der Waals surface area contributed by atoms with E-state index in [0.717, 1.165) is 0 Å². The molecule has 144 valence electrons. The van der Waals surface area contributed by atoms with E-state index in [1.807, 2.05) is 0 Å². The summed E-state index contributed by atoms with van der Waals surface area (Å²) in [6.45, 7) is -8.23. The van der Waals surface area contributed by atoms with Crippen LogP contribution in [0.15, 0.2) is 0 Å². The molecule has 1 fully saturated rings. The van der Waals surface area contributed by atoms with Crippen molar-refractivity contribution in [3.05, 3.63) is 0 Å². The minimum atomic E-state index is -2.94. The Labute approximate surface area is 138 Å². The van der Waals surface area contributed by atoms with Crippen molar-refractivity contribution in [1.29, 1.82) is 0 Å². The van der Waals surface area contributed by atoms with Gasteiger partial charge in [0.15, 0.2) is 5.79 Å². The zero-order valence-electron chi connectivity index (χ0n) is 13.3. The van der Waals surface area contributed by atoms with Crippen LogP contribution in [0.1, 0.15) is 6.42 Å². The van der Waals surface area contributed by atoms with E-state index in [2.05, 4.69) is 0 Å². The summed E-state index contributed by atoms with van der Waals surface area (Å²) in [6.07, 6.45) is -0.836. The van der Waals surface area contributed by atoms with Gasteiger partial charge in [0.2, 0.25) is 0 Å². The summed E-state index contributed by atoms with van der Waals surface area (Å²) in [4.78, 5) is 0. The number of hydrogen-bond acceptors (Lipinski definition) is 10. The first kappa shape index (κ1) is 21.6. The van der Waals surface area contributed by atoms with Crippen LogP contribution >= 0.6 is 0 Å². The molecule has 0 heterocycles. The van der Waals surface area contributed by atoms with Crippen molar-refractivity contribution in [1.82, 2.24) is 0 Å². The monoisotopic (exact) mass is 356 g/mol. The molecule has 0 aliphatic heterocycles. The fraction of sp³-hybridized carbons (Fsp3) is 1.00. The van der Waals surface area contributed by atoms with E-state index in [9.17, 15) is 51.1 Å². The molecule has 10 nitrogen and oxygen atoms in total. The highest BCUT2D eigenvalue weighted by Gasteiger charge is 2.78. The third kappa shape index (κ3) is 2.13. The predicted molar refractivity (Wildman–Crippen MR) is 78.2 cm³/mol. The van der Waals surface area contributed by atoms with Gasteiger partial charge in [-0.05, 0) is 0 Å². The Morgan fingerprint density at radius 3 is 1.04 bits per heavy atom. The second-order valence-corrected chi connectivity index (χ2v) is 6.78. The normalized spacial score (nSPS) is 26.2. The molecule has 0 aromatic carbocycles. The largest absolute Gasteiger partial charge is 0.396 e. The van der Waals surface area contributed by atoms with Crippen LogP contribution in [0.2, 0.25) is 0 Å². The van der Waals surface area contributed by atoms with Crippen molar-refractivity contribution >= 4 is 0 Å². The van der Waals surface area contributed by atoms with Crippen molar-refractivity contribution in [2.24, 2.45) is 21.7 Å². The molecule has 0 amide bonds. The molecule has 0 atom stereocenters. The molecule has 1 rings (SSSR count). The minimum Gasteiger partial charge on any atom is -0.396 e. The van der Waals surface area contributed by atoms with E-state index < -0.39 is 86.7 Å². The molecule has 0 aromatic heterocycles. The summed E-state index contributed by atoms with van der Waals surface area (Å²) in [6, 6.07) is 0. The van der Waals surface area contributed by atoms with Gasteiger partial charge in [-0.15, -0.1) is 0 Å². The molecule has 0 unspecified atom stereocenters. The summed E-state index contributed by atoms with van der Waals surface area (Å²) in [5.41, 5.74) is -8.59. The van der Waals surface area contributed by atoms with E-state index in [0.29, 0.717) is 0 Å². The van der Waals surface area contributed by atoms with E-state index in [1.165, 1.54) is 0 Å². The van der Waals surface area contributed by atoms with Crippen LogP contribution in [0, 0.1) is 21.7 Å². The zero-order valence-corrected chi connectivity index (χ0v) is 13.3. The van der Waals surface area contributed by atoms with Gasteiger partial charge in [0.1, 0.15) is 0 Å². The maximum Gasteiger partial charge on any atom is 0.174 e.